The fraction of sp³-hybridized carbons (Fsp3) is 0.750. The molecule has 0 aliphatic carbocycles. The lowest BCUT2D eigenvalue weighted by atomic mass is 10.0. The van der Waals surface area contributed by atoms with Crippen molar-refractivity contribution < 1.29 is 42.9 Å². The van der Waals surface area contributed by atoms with Crippen LogP contribution in [0.15, 0.2) is 97.2 Å². The number of ether oxygens (including phenoxy) is 4. The summed E-state index contributed by atoms with van der Waals surface area (Å²) in [6, 6.07) is 0. The predicted octanol–water partition coefficient (Wildman–Crippen LogP) is 20.7. The van der Waals surface area contributed by atoms with Crippen LogP contribution in [0, 0.1) is 0 Å². The van der Waals surface area contributed by atoms with Crippen molar-refractivity contribution in [2.45, 2.75) is 322 Å². The minimum atomic E-state index is -1.63. The van der Waals surface area contributed by atoms with E-state index in [1.54, 1.807) is 0 Å². The van der Waals surface area contributed by atoms with Gasteiger partial charge in [0, 0.05) is 12.8 Å². The topological polar surface area (TPSA) is 111 Å². The van der Waals surface area contributed by atoms with E-state index in [9.17, 15) is 19.5 Å². The quantitative estimate of drug-likeness (QED) is 0.0195. The standard InChI is InChI=1S/C76H133NO8/c1-6-8-10-12-14-16-18-20-22-24-26-28-30-31-32-33-34-35-36-37-38-39-40-41-42-43-45-46-48-50-52-54-56-58-60-62-64-66-73(78)83-70-72(71-84-76(75(80)81)82-69-68-77(3,4)5)85-74(79)67-65-63-61-59-57-55-53-51-49-47-44-29-27-25-23-21-19-17-15-13-11-9-7-2/h9,11,15,17-18,20-21,23-24,26-27,29-31,47,49,72,76H,6-8,10,12-14,16,19,22,25,28,32-46,48,50-71H2,1-5H3/b11-9-,17-15-,20-18-,23-21-,26-24-,29-27-,31-30-,49-47-. The van der Waals surface area contributed by atoms with Crippen molar-refractivity contribution >= 4 is 17.9 Å². The Bertz CT molecular complexity index is 1720. The number of nitrogens with zero attached hydrogens (tertiary/aromatic N) is 1. The lowest BCUT2D eigenvalue weighted by molar-refractivity contribution is -0.870. The van der Waals surface area contributed by atoms with E-state index in [1.165, 1.54) is 186 Å². The van der Waals surface area contributed by atoms with E-state index in [-0.39, 0.29) is 38.6 Å². The van der Waals surface area contributed by atoms with Crippen LogP contribution in [0.4, 0.5) is 0 Å². The summed E-state index contributed by atoms with van der Waals surface area (Å²) < 4.78 is 22.8. The molecule has 2 unspecified atom stereocenters. The minimum absolute atomic E-state index is 0.142. The molecule has 0 aromatic carbocycles. The van der Waals surface area contributed by atoms with Crippen LogP contribution in [0.5, 0.6) is 0 Å². The van der Waals surface area contributed by atoms with Gasteiger partial charge in [-0.25, -0.2) is 0 Å². The third-order valence-corrected chi connectivity index (χ3v) is 15.3. The third kappa shape index (κ3) is 67.6. The predicted molar refractivity (Wildman–Crippen MR) is 361 cm³/mol. The molecule has 0 aliphatic rings. The molecule has 0 heterocycles. The zero-order chi connectivity index (χ0) is 61.9. The Morgan fingerprint density at radius 1 is 0.365 bits per heavy atom. The molecule has 9 heteroatoms. The molecule has 0 aromatic heterocycles. The Morgan fingerprint density at radius 3 is 1.00 bits per heavy atom. The van der Waals surface area contributed by atoms with E-state index in [0.717, 1.165) is 89.9 Å². The number of aliphatic carboxylic acids is 1. The lowest BCUT2D eigenvalue weighted by Crippen LogP contribution is -2.44. The number of hydrogen-bond donors (Lipinski definition) is 0. The lowest BCUT2D eigenvalue weighted by Gasteiger charge is -2.26. The van der Waals surface area contributed by atoms with Gasteiger partial charge in [0.05, 0.1) is 40.3 Å². The number of carbonyl (C=O) groups is 3. The molecule has 0 saturated heterocycles. The van der Waals surface area contributed by atoms with Crippen LogP contribution in [-0.4, -0.2) is 82.3 Å². The van der Waals surface area contributed by atoms with E-state index in [4.69, 9.17) is 18.9 Å². The van der Waals surface area contributed by atoms with Crippen LogP contribution in [-0.2, 0) is 33.3 Å². The van der Waals surface area contributed by atoms with Crippen molar-refractivity contribution in [3.8, 4) is 0 Å². The highest BCUT2D eigenvalue weighted by molar-refractivity contribution is 5.70. The van der Waals surface area contributed by atoms with Gasteiger partial charge in [0.15, 0.2) is 12.4 Å². The van der Waals surface area contributed by atoms with Crippen LogP contribution in [0.1, 0.15) is 309 Å². The molecule has 0 rings (SSSR count). The largest absolute Gasteiger partial charge is 0.545 e. The van der Waals surface area contributed by atoms with Crippen molar-refractivity contribution in [3.05, 3.63) is 97.2 Å². The molecule has 0 saturated carbocycles. The number of carboxylic acids is 1. The fourth-order valence-corrected chi connectivity index (χ4v) is 9.93. The number of quaternary nitrogens is 1. The summed E-state index contributed by atoms with van der Waals surface area (Å²) in [5.74, 6) is -2.29. The number of allylic oxidation sites excluding steroid dienone is 16. The summed E-state index contributed by atoms with van der Waals surface area (Å²) in [6.45, 7) is 4.63. The molecular weight excluding hydrogens is 1050 g/mol. The molecule has 0 radical (unpaired) electrons. The number of carbonyl (C=O) groups excluding carboxylic acids is 3. The van der Waals surface area contributed by atoms with Crippen molar-refractivity contribution in [2.24, 2.45) is 0 Å². The van der Waals surface area contributed by atoms with Gasteiger partial charge in [0.1, 0.15) is 13.2 Å². The molecule has 0 amide bonds. The summed E-state index contributed by atoms with van der Waals surface area (Å²) in [5.41, 5.74) is 0. The molecule has 0 bridgehead atoms. The van der Waals surface area contributed by atoms with Gasteiger partial charge in [-0.15, -0.1) is 0 Å². The first-order valence-electron chi connectivity index (χ1n) is 35.4. The molecule has 0 aromatic rings. The third-order valence-electron chi connectivity index (χ3n) is 15.3. The Balaban J connectivity index is 4.05. The number of carboxylic acid groups (broad SMARTS) is 1. The van der Waals surface area contributed by atoms with E-state index in [1.807, 2.05) is 21.1 Å². The first kappa shape index (κ1) is 81.2. The van der Waals surface area contributed by atoms with Gasteiger partial charge in [-0.1, -0.05) is 297 Å². The average Bonchev–Trinajstić information content (AvgIpc) is 3.49. The zero-order valence-electron chi connectivity index (χ0n) is 56.0. The van der Waals surface area contributed by atoms with Gasteiger partial charge >= 0.3 is 11.9 Å². The first-order valence-corrected chi connectivity index (χ1v) is 35.4. The summed E-state index contributed by atoms with van der Waals surface area (Å²) in [4.78, 5) is 37.5. The van der Waals surface area contributed by atoms with Crippen molar-refractivity contribution in [2.75, 3.05) is 47.5 Å². The summed E-state index contributed by atoms with van der Waals surface area (Å²) in [7, 11) is 5.93. The minimum Gasteiger partial charge on any atom is -0.545 e. The van der Waals surface area contributed by atoms with Crippen molar-refractivity contribution in [1.29, 1.82) is 0 Å². The maximum Gasteiger partial charge on any atom is 0.306 e. The van der Waals surface area contributed by atoms with Crippen LogP contribution in [0.25, 0.3) is 0 Å². The summed E-state index contributed by atoms with van der Waals surface area (Å²) in [6.07, 6.45) is 87.8. The van der Waals surface area contributed by atoms with Crippen molar-refractivity contribution in [1.82, 2.24) is 0 Å². The van der Waals surface area contributed by atoms with Gasteiger partial charge in [-0.3, -0.25) is 9.59 Å². The highest BCUT2D eigenvalue weighted by Crippen LogP contribution is 2.18. The fourth-order valence-electron chi connectivity index (χ4n) is 9.93. The molecule has 85 heavy (non-hydrogen) atoms. The van der Waals surface area contributed by atoms with Crippen LogP contribution >= 0.6 is 0 Å². The average molecular weight is 1190 g/mol. The molecule has 0 fully saturated rings. The molecule has 9 nitrogen and oxygen atoms in total. The number of esters is 2. The van der Waals surface area contributed by atoms with E-state index >= 15 is 0 Å². The number of unbranched alkanes of at least 4 members (excludes halogenated alkanes) is 34. The maximum atomic E-state index is 12.9. The second kappa shape index (κ2) is 66.2. The number of rotatable bonds is 65. The summed E-state index contributed by atoms with van der Waals surface area (Å²) >= 11 is 0. The normalized spacial score (nSPS) is 13.3. The second-order valence-corrected chi connectivity index (χ2v) is 24.8. The second-order valence-electron chi connectivity index (χ2n) is 24.8. The van der Waals surface area contributed by atoms with Crippen molar-refractivity contribution in [3.63, 3.8) is 0 Å². The van der Waals surface area contributed by atoms with Gasteiger partial charge in [0.2, 0.25) is 0 Å². The number of likely N-dealkylation sites (N-methyl/N-ethyl adjacent to an activating group) is 1. The molecule has 0 N–H and O–H groups in total. The SMILES string of the molecule is CC/C=C\C/C=C\C/C=C\C/C=C\C/C=C\CCCCCCCCCC(=O)OC(COC(=O)CCCCCCCCCCCCCCCCCCCCCCCC/C=C\C/C=C\C/C=C\CCCCCCC)COC(OCC[N+](C)(C)C)C(=O)[O-]. The molecule has 0 spiro atoms. The van der Waals surface area contributed by atoms with E-state index < -0.39 is 24.3 Å². The first-order chi connectivity index (χ1) is 41.6. The smallest absolute Gasteiger partial charge is 0.306 e. The zero-order valence-corrected chi connectivity index (χ0v) is 56.0. The van der Waals surface area contributed by atoms with Crippen LogP contribution < -0.4 is 5.11 Å². The monoisotopic (exact) mass is 1190 g/mol. The molecular formula is C76H133NO8. The highest BCUT2D eigenvalue weighted by atomic mass is 16.7. The summed E-state index contributed by atoms with van der Waals surface area (Å²) in [5, 5.41) is 11.8. The Kier molecular flexibility index (Phi) is 63.2. The van der Waals surface area contributed by atoms with Gasteiger partial charge in [-0.2, -0.15) is 0 Å². The van der Waals surface area contributed by atoms with E-state index in [2.05, 4.69) is 111 Å². The molecule has 490 valence electrons. The van der Waals surface area contributed by atoms with Gasteiger partial charge in [-0.05, 0) is 96.3 Å². The number of hydrogen-bond acceptors (Lipinski definition) is 8. The van der Waals surface area contributed by atoms with Gasteiger partial charge in [0.25, 0.3) is 0 Å². The van der Waals surface area contributed by atoms with E-state index in [0.29, 0.717) is 17.4 Å². The Labute approximate surface area is 524 Å². The van der Waals surface area contributed by atoms with Crippen LogP contribution in [0.2, 0.25) is 0 Å². The van der Waals surface area contributed by atoms with Crippen LogP contribution in [0.3, 0.4) is 0 Å². The Morgan fingerprint density at radius 2 is 0.671 bits per heavy atom. The highest BCUT2D eigenvalue weighted by Gasteiger charge is 2.22. The maximum absolute atomic E-state index is 12.9. The Hall–Kier alpha value is -3.79. The van der Waals surface area contributed by atoms with Gasteiger partial charge < -0.3 is 33.3 Å². The molecule has 2 atom stereocenters. The molecule has 0 aliphatic heterocycles.